The molecule has 7 nitrogen and oxygen atoms in total. The van der Waals surface area contributed by atoms with E-state index in [0.717, 1.165) is 24.0 Å². The number of hydrogen-bond acceptors (Lipinski definition) is 5. The SMILES string of the molecule is COc1cc(C(=O)N(CCCc2ccc(Cl)cc2)Cc2ccc(CC(=O)O)cc2)cc(OC)c1OC. The highest BCUT2D eigenvalue weighted by atomic mass is 35.5. The second kappa shape index (κ2) is 12.8. The highest BCUT2D eigenvalue weighted by Crippen LogP contribution is 2.38. The van der Waals surface area contributed by atoms with E-state index in [-0.39, 0.29) is 12.3 Å². The van der Waals surface area contributed by atoms with Gasteiger partial charge in [-0.25, -0.2) is 0 Å². The van der Waals surface area contributed by atoms with Gasteiger partial charge >= 0.3 is 5.97 Å². The topological polar surface area (TPSA) is 85.3 Å². The van der Waals surface area contributed by atoms with Crippen LogP contribution in [0.2, 0.25) is 5.02 Å². The number of amides is 1. The van der Waals surface area contributed by atoms with Gasteiger partial charge < -0.3 is 24.2 Å². The first-order valence-electron chi connectivity index (χ1n) is 11.5. The molecule has 0 saturated carbocycles. The molecule has 0 bridgehead atoms. The van der Waals surface area contributed by atoms with Crippen molar-refractivity contribution in [2.45, 2.75) is 25.8 Å². The summed E-state index contributed by atoms with van der Waals surface area (Å²) in [4.78, 5) is 26.4. The summed E-state index contributed by atoms with van der Waals surface area (Å²) in [5, 5.41) is 9.70. The maximum Gasteiger partial charge on any atom is 0.307 e. The Morgan fingerprint density at radius 3 is 1.92 bits per heavy atom. The van der Waals surface area contributed by atoms with E-state index in [1.54, 1.807) is 29.2 Å². The molecule has 0 spiro atoms. The molecule has 0 heterocycles. The zero-order chi connectivity index (χ0) is 26.1. The zero-order valence-electron chi connectivity index (χ0n) is 20.6. The molecule has 0 saturated heterocycles. The summed E-state index contributed by atoms with van der Waals surface area (Å²) < 4.78 is 16.2. The van der Waals surface area contributed by atoms with Crippen molar-refractivity contribution in [3.05, 3.63) is 87.9 Å². The van der Waals surface area contributed by atoms with Crippen molar-refractivity contribution in [2.24, 2.45) is 0 Å². The number of carboxylic acid groups (broad SMARTS) is 1. The Morgan fingerprint density at radius 2 is 1.39 bits per heavy atom. The fourth-order valence-electron chi connectivity index (χ4n) is 3.92. The predicted molar refractivity (Wildman–Crippen MR) is 138 cm³/mol. The van der Waals surface area contributed by atoms with Crippen LogP contribution >= 0.6 is 11.6 Å². The first kappa shape index (κ1) is 26.9. The molecular formula is C28H30ClNO6. The van der Waals surface area contributed by atoms with Crippen LogP contribution < -0.4 is 14.2 Å². The summed E-state index contributed by atoms with van der Waals surface area (Å²) in [6.07, 6.45) is 1.48. The van der Waals surface area contributed by atoms with E-state index in [9.17, 15) is 9.59 Å². The number of hydrogen-bond donors (Lipinski definition) is 1. The minimum atomic E-state index is -0.885. The van der Waals surface area contributed by atoms with Gasteiger partial charge in [-0.1, -0.05) is 48.0 Å². The van der Waals surface area contributed by atoms with E-state index in [0.29, 0.717) is 46.5 Å². The third-order valence-electron chi connectivity index (χ3n) is 5.76. The summed E-state index contributed by atoms with van der Waals surface area (Å²) >= 11 is 5.99. The number of aliphatic carboxylic acids is 1. The minimum Gasteiger partial charge on any atom is -0.493 e. The summed E-state index contributed by atoms with van der Waals surface area (Å²) in [6.45, 7) is 0.873. The molecule has 36 heavy (non-hydrogen) atoms. The second-order valence-corrected chi connectivity index (χ2v) is 8.69. The minimum absolute atomic E-state index is 0.0462. The summed E-state index contributed by atoms with van der Waals surface area (Å²) in [5.41, 5.74) is 3.16. The number of ether oxygens (including phenoxy) is 3. The summed E-state index contributed by atoms with van der Waals surface area (Å²) in [5.74, 6) is 0.155. The Morgan fingerprint density at radius 1 is 0.833 bits per heavy atom. The molecule has 0 aliphatic heterocycles. The number of nitrogens with zero attached hydrogens (tertiary/aromatic N) is 1. The van der Waals surface area contributed by atoms with Crippen molar-refractivity contribution in [1.29, 1.82) is 0 Å². The third kappa shape index (κ3) is 7.15. The lowest BCUT2D eigenvalue weighted by atomic mass is 10.1. The van der Waals surface area contributed by atoms with Crippen molar-refractivity contribution >= 4 is 23.5 Å². The van der Waals surface area contributed by atoms with Crippen LogP contribution in [0.1, 0.15) is 33.5 Å². The lowest BCUT2D eigenvalue weighted by Crippen LogP contribution is -2.32. The summed E-state index contributed by atoms with van der Waals surface area (Å²) in [7, 11) is 4.53. The van der Waals surface area contributed by atoms with Crippen LogP contribution in [0.15, 0.2) is 60.7 Å². The van der Waals surface area contributed by atoms with E-state index >= 15 is 0 Å². The molecule has 0 aliphatic carbocycles. The van der Waals surface area contributed by atoms with Crippen LogP contribution in [0, 0.1) is 0 Å². The number of rotatable bonds is 12. The van der Waals surface area contributed by atoms with Gasteiger partial charge in [0.15, 0.2) is 11.5 Å². The molecule has 3 rings (SSSR count). The lowest BCUT2D eigenvalue weighted by Gasteiger charge is -2.24. The van der Waals surface area contributed by atoms with E-state index in [1.807, 2.05) is 36.4 Å². The Hall–Kier alpha value is -3.71. The van der Waals surface area contributed by atoms with Crippen LogP contribution in [-0.4, -0.2) is 49.8 Å². The normalized spacial score (nSPS) is 10.6. The molecule has 0 aliphatic rings. The largest absolute Gasteiger partial charge is 0.493 e. The lowest BCUT2D eigenvalue weighted by molar-refractivity contribution is -0.136. The van der Waals surface area contributed by atoms with Crippen LogP contribution in [0.4, 0.5) is 0 Å². The monoisotopic (exact) mass is 511 g/mol. The number of carboxylic acids is 1. The highest BCUT2D eigenvalue weighted by molar-refractivity contribution is 6.30. The number of halogens is 1. The van der Waals surface area contributed by atoms with Crippen molar-refractivity contribution in [2.75, 3.05) is 27.9 Å². The third-order valence-corrected chi connectivity index (χ3v) is 6.01. The Kier molecular flexibility index (Phi) is 9.59. The van der Waals surface area contributed by atoms with Crippen molar-refractivity contribution in [3.8, 4) is 17.2 Å². The molecule has 1 N–H and O–H groups in total. The smallest absolute Gasteiger partial charge is 0.307 e. The average molecular weight is 512 g/mol. The maximum atomic E-state index is 13.7. The molecule has 3 aromatic rings. The van der Waals surface area contributed by atoms with E-state index in [1.165, 1.54) is 21.3 Å². The van der Waals surface area contributed by atoms with Gasteiger partial charge in [0.25, 0.3) is 5.91 Å². The first-order valence-corrected chi connectivity index (χ1v) is 11.9. The van der Waals surface area contributed by atoms with Crippen LogP contribution in [0.3, 0.4) is 0 Å². The quantitative estimate of drug-likeness (QED) is 0.356. The molecule has 0 atom stereocenters. The van der Waals surface area contributed by atoms with Gasteiger partial charge in [-0.05, 0) is 53.8 Å². The van der Waals surface area contributed by atoms with Crippen LogP contribution in [0.5, 0.6) is 17.2 Å². The van der Waals surface area contributed by atoms with Gasteiger partial charge in [-0.3, -0.25) is 9.59 Å². The molecule has 0 aromatic heterocycles. The molecule has 8 heteroatoms. The Balaban J connectivity index is 1.84. The van der Waals surface area contributed by atoms with Crippen molar-refractivity contribution in [1.82, 2.24) is 4.90 Å². The Labute approximate surface area is 216 Å². The van der Waals surface area contributed by atoms with Gasteiger partial charge in [0.2, 0.25) is 5.75 Å². The number of carbonyl (C=O) groups is 2. The molecular weight excluding hydrogens is 482 g/mol. The average Bonchev–Trinajstić information content (AvgIpc) is 2.88. The standard InChI is InChI=1S/C28H30ClNO6/c1-34-24-16-22(17-25(35-2)27(24)36-3)28(33)30(14-4-5-19-10-12-23(29)13-11-19)18-21-8-6-20(7-9-21)15-26(31)32/h6-13,16-17H,4-5,14-15,18H2,1-3H3,(H,31,32). The van der Waals surface area contributed by atoms with E-state index in [4.69, 9.17) is 30.9 Å². The number of aryl methyl sites for hydroxylation is 1. The fraction of sp³-hybridized carbons (Fsp3) is 0.286. The van der Waals surface area contributed by atoms with Crippen LogP contribution in [-0.2, 0) is 24.2 Å². The van der Waals surface area contributed by atoms with Crippen molar-refractivity contribution < 1.29 is 28.9 Å². The van der Waals surface area contributed by atoms with Crippen molar-refractivity contribution in [3.63, 3.8) is 0 Å². The maximum absolute atomic E-state index is 13.7. The van der Waals surface area contributed by atoms with Gasteiger partial charge in [-0.2, -0.15) is 0 Å². The molecule has 3 aromatic carbocycles. The Bertz CT molecular complexity index is 1150. The number of methoxy groups -OCH3 is 3. The molecule has 190 valence electrons. The summed E-state index contributed by atoms with van der Waals surface area (Å²) in [6, 6.07) is 18.2. The van der Waals surface area contributed by atoms with Gasteiger partial charge in [0.05, 0.1) is 27.8 Å². The fourth-order valence-corrected chi connectivity index (χ4v) is 4.05. The second-order valence-electron chi connectivity index (χ2n) is 8.26. The van der Waals surface area contributed by atoms with E-state index in [2.05, 4.69) is 0 Å². The van der Waals surface area contributed by atoms with Gasteiger partial charge in [0.1, 0.15) is 0 Å². The zero-order valence-corrected chi connectivity index (χ0v) is 21.4. The molecule has 1 amide bonds. The van der Waals surface area contributed by atoms with Crippen LogP contribution in [0.25, 0.3) is 0 Å². The predicted octanol–water partition coefficient (Wildman–Crippen LogP) is 5.27. The van der Waals surface area contributed by atoms with Gasteiger partial charge in [0, 0.05) is 23.7 Å². The molecule has 0 fully saturated rings. The number of carbonyl (C=O) groups excluding carboxylic acids is 1. The van der Waals surface area contributed by atoms with Gasteiger partial charge in [-0.15, -0.1) is 0 Å². The van der Waals surface area contributed by atoms with E-state index < -0.39 is 5.97 Å². The first-order chi connectivity index (χ1) is 17.3. The number of benzene rings is 3. The molecule has 0 radical (unpaired) electrons. The molecule has 0 unspecified atom stereocenters. The highest BCUT2D eigenvalue weighted by Gasteiger charge is 2.21.